The summed E-state index contributed by atoms with van der Waals surface area (Å²) in [5.41, 5.74) is 1.23. The van der Waals surface area contributed by atoms with Gasteiger partial charge in [0, 0.05) is 11.8 Å². The van der Waals surface area contributed by atoms with E-state index in [1.54, 1.807) is 0 Å². The Morgan fingerprint density at radius 2 is 1.95 bits per heavy atom. The number of fused-ring (bicyclic) bond motifs is 1. The van der Waals surface area contributed by atoms with Gasteiger partial charge in [-0.15, -0.1) is 17.0 Å². The third-order valence-corrected chi connectivity index (χ3v) is 6.85. The average molecular weight is 377 g/mol. The van der Waals surface area contributed by atoms with Crippen LogP contribution in [0.25, 0.3) is 0 Å². The highest BCUT2D eigenvalue weighted by Crippen LogP contribution is 2.37. The molecule has 2 aliphatic heterocycles. The first-order valence-electron chi connectivity index (χ1n) is 6.31. The van der Waals surface area contributed by atoms with Crippen LogP contribution in [-0.4, -0.2) is 47.8 Å². The largest absolute Gasteiger partial charge is 0.346 e. The van der Waals surface area contributed by atoms with Crippen LogP contribution in [0.5, 0.6) is 0 Å². The molecule has 2 fully saturated rings. The summed E-state index contributed by atoms with van der Waals surface area (Å²) in [6.45, 7) is 0.729. The number of benzene rings is 1. The molecular weight excluding hydrogens is 360 g/mol. The number of sulfone groups is 1. The van der Waals surface area contributed by atoms with Crippen LogP contribution in [0.2, 0.25) is 0 Å². The number of halogens is 1. The Kier molecular flexibility index (Phi) is 4.81. The fourth-order valence-electron chi connectivity index (χ4n) is 2.72. The second kappa shape index (κ2) is 6.07. The maximum absolute atomic E-state index is 11.7. The minimum absolute atomic E-state index is 0. The van der Waals surface area contributed by atoms with Crippen molar-refractivity contribution in [1.82, 2.24) is 4.90 Å². The lowest BCUT2D eigenvalue weighted by molar-refractivity contribution is 0.359. The molecule has 0 amide bonds. The first-order valence-corrected chi connectivity index (χ1v) is 9.01. The van der Waals surface area contributed by atoms with Crippen LogP contribution in [0.4, 0.5) is 0 Å². The molecule has 1 aromatic carbocycles. The van der Waals surface area contributed by atoms with Crippen LogP contribution < -0.4 is 0 Å². The molecule has 2 heterocycles. The van der Waals surface area contributed by atoms with Gasteiger partial charge in [-0.25, -0.2) is 8.42 Å². The summed E-state index contributed by atoms with van der Waals surface area (Å²) in [5.74, 6) is 0.439. The molecule has 0 radical (unpaired) electrons. The Bertz CT molecular complexity index is 592. The molecule has 20 heavy (non-hydrogen) atoms. The molecule has 7 heteroatoms. The maximum atomic E-state index is 11.7. The number of nitrogens with zero attached hydrogens (tertiary/aromatic N) is 1. The molecule has 2 atom stereocenters. The van der Waals surface area contributed by atoms with Crippen molar-refractivity contribution in [3.63, 3.8) is 0 Å². The van der Waals surface area contributed by atoms with E-state index in [-0.39, 0.29) is 39.8 Å². The van der Waals surface area contributed by atoms with Crippen molar-refractivity contribution in [2.75, 3.05) is 18.1 Å². The Morgan fingerprint density at radius 1 is 1.25 bits per heavy atom. The summed E-state index contributed by atoms with van der Waals surface area (Å²) in [4.78, 5) is 1.97. The molecule has 3 rings (SSSR count). The van der Waals surface area contributed by atoms with E-state index >= 15 is 0 Å². The van der Waals surface area contributed by atoms with E-state index in [2.05, 4.69) is 12.1 Å². The van der Waals surface area contributed by atoms with Crippen molar-refractivity contribution in [3.8, 4) is 0 Å². The summed E-state index contributed by atoms with van der Waals surface area (Å²) >= 11 is 1.41. The summed E-state index contributed by atoms with van der Waals surface area (Å²) in [7, 11) is -2.90. The third-order valence-electron chi connectivity index (χ3n) is 3.68. The highest BCUT2D eigenvalue weighted by atomic mass is 79.9. The zero-order chi connectivity index (χ0) is 13.5. The van der Waals surface area contributed by atoms with Crippen molar-refractivity contribution in [1.29, 1.82) is 5.41 Å². The number of hydrogen-bond acceptors (Lipinski definition) is 4. The number of nitrogens with one attached hydrogen (secondary N) is 1. The van der Waals surface area contributed by atoms with Crippen molar-refractivity contribution < 1.29 is 8.42 Å². The van der Waals surface area contributed by atoms with Gasteiger partial charge < -0.3 is 4.90 Å². The number of amidine groups is 1. The van der Waals surface area contributed by atoms with Gasteiger partial charge in [-0.2, -0.15) is 0 Å². The van der Waals surface area contributed by atoms with Gasteiger partial charge >= 0.3 is 0 Å². The van der Waals surface area contributed by atoms with Gasteiger partial charge in [-0.3, -0.25) is 5.41 Å². The molecule has 2 saturated heterocycles. The first-order chi connectivity index (χ1) is 9.05. The standard InChI is InChI=1S/C13H16N2O2S2.BrH/c14-13-15(7-6-10-4-2-1-3-5-10)11-8-19(16,17)9-12(11)18-13;/h1-5,11-12,14H,6-9H2;1H/t11-,12+;/m1./s1. The fraction of sp³-hybridized carbons (Fsp3) is 0.462. The van der Waals surface area contributed by atoms with Crippen LogP contribution >= 0.6 is 28.7 Å². The van der Waals surface area contributed by atoms with E-state index in [1.165, 1.54) is 17.3 Å². The van der Waals surface area contributed by atoms with Crippen molar-refractivity contribution in [2.45, 2.75) is 17.7 Å². The summed E-state index contributed by atoms with van der Waals surface area (Å²) in [5, 5.41) is 8.58. The molecule has 1 aromatic rings. The molecule has 1 N–H and O–H groups in total. The molecule has 4 nitrogen and oxygen atoms in total. The van der Waals surface area contributed by atoms with E-state index in [0.29, 0.717) is 5.17 Å². The number of thioether (sulfide) groups is 1. The van der Waals surface area contributed by atoms with Crippen LogP contribution in [0.1, 0.15) is 5.56 Å². The van der Waals surface area contributed by atoms with Gasteiger partial charge in [0.2, 0.25) is 0 Å². The zero-order valence-electron chi connectivity index (χ0n) is 10.9. The van der Waals surface area contributed by atoms with E-state index in [1.807, 2.05) is 23.1 Å². The average Bonchev–Trinajstić information content (AvgIpc) is 2.79. The maximum Gasteiger partial charge on any atom is 0.157 e. The summed E-state index contributed by atoms with van der Waals surface area (Å²) < 4.78 is 23.3. The van der Waals surface area contributed by atoms with Gasteiger partial charge in [0.05, 0.1) is 17.5 Å². The van der Waals surface area contributed by atoms with Gasteiger partial charge in [0.25, 0.3) is 0 Å². The van der Waals surface area contributed by atoms with Crippen molar-refractivity contribution in [2.24, 2.45) is 0 Å². The van der Waals surface area contributed by atoms with Gasteiger partial charge in [-0.05, 0) is 12.0 Å². The Labute approximate surface area is 134 Å². The minimum Gasteiger partial charge on any atom is -0.346 e. The Balaban J connectivity index is 0.00000147. The molecule has 0 spiro atoms. The second-order valence-electron chi connectivity index (χ2n) is 5.03. The van der Waals surface area contributed by atoms with Gasteiger partial charge in [0.1, 0.15) is 0 Å². The van der Waals surface area contributed by atoms with Crippen molar-refractivity contribution >= 4 is 43.7 Å². The minimum atomic E-state index is -2.90. The smallest absolute Gasteiger partial charge is 0.157 e. The Morgan fingerprint density at radius 3 is 2.65 bits per heavy atom. The van der Waals surface area contributed by atoms with E-state index in [0.717, 1.165) is 13.0 Å². The predicted molar refractivity (Wildman–Crippen MR) is 88.7 cm³/mol. The first kappa shape index (κ1) is 15.9. The quantitative estimate of drug-likeness (QED) is 0.875. The second-order valence-corrected chi connectivity index (χ2v) is 8.42. The SMILES string of the molecule is Br.N=C1S[C@H]2CS(=O)(=O)C[C@H]2N1CCc1ccccc1. The Hall–Kier alpha value is -0.530. The monoisotopic (exact) mass is 376 g/mol. The predicted octanol–water partition coefficient (Wildman–Crippen LogP) is 1.96. The van der Waals surface area contributed by atoms with Crippen LogP contribution in [0.3, 0.4) is 0 Å². The molecule has 0 bridgehead atoms. The lowest BCUT2D eigenvalue weighted by Gasteiger charge is -2.23. The molecule has 2 aliphatic rings. The third kappa shape index (κ3) is 3.20. The topological polar surface area (TPSA) is 61.2 Å². The van der Waals surface area contributed by atoms with Crippen molar-refractivity contribution in [3.05, 3.63) is 35.9 Å². The molecule has 0 aliphatic carbocycles. The van der Waals surface area contributed by atoms with E-state index in [4.69, 9.17) is 5.41 Å². The highest BCUT2D eigenvalue weighted by molar-refractivity contribution is 8.93. The summed E-state index contributed by atoms with van der Waals surface area (Å²) in [6, 6.07) is 10.1. The van der Waals surface area contributed by atoms with Gasteiger partial charge in [-0.1, -0.05) is 42.1 Å². The molecule has 110 valence electrons. The van der Waals surface area contributed by atoms with Crippen LogP contribution in [0, 0.1) is 5.41 Å². The number of hydrogen-bond donors (Lipinski definition) is 1. The van der Waals surface area contributed by atoms with Crippen LogP contribution in [-0.2, 0) is 16.3 Å². The van der Waals surface area contributed by atoms with Crippen LogP contribution in [0.15, 0.2) is 30.3 Å². The van der Waals surface area contributed by atoms with E-state index < -0.39 is 9.84 Å². The van der Waals surface area contributed by atoms with E-state index in [9.17, 15) is 8.42 Å². The number of rotatable bonds is 3. The molecule has 0 saturated carbocycles. The molecular formula is C13H17BrN2O2S2. The normalized spacial score (nSPS) is 27.2. The summed E-state index contributed by atoms with van der Waals surface area (Å²) in [6.07, 6.45) is 0.854. The molecule has 0 aromatic heterocycles. The fourth-order valence-corrected chi connectivity index (χ4v) is 6.58. The lowest BCUT2D eigenvalue weighted by Crippen LogP contribution is -2.38. The zero-order valence-corrected chi connectivity index (χ0v) is 14.2. The van der Waals surface area contributed by atoms with Gasteiger partial charge in [0.15, 0.2) is 15.0 Å². The lowest BCUT2D eigenvalue weighted by atomic mass is 10.1. The highest BCUT2D eigenvalue weighted by Gasteiger charge is 2.47. The molecule has 0 unspecified atom stereocenters.